The van der Waals surface area contributed by atoms with Crippen molar-refractivity contribution in [1.29, 1.82) is 0 Å². The monoisotopic (exact) mass is 231 g/mol. The van der Waals surface area contributed by atoms with E-state index in [2.05, 4.69) is 0 Å². The summed E-state index contributed by atoms with van der Waals surface area (Å²) in [5.74, 6) is 0. The molecule has 0 radical (unpaired) electrons. The molecule has 0 fully saturated rings. The molecule has 1 rings (SSSR count). The largest absolute Gasteiger partial charge is 0.431 e. The van der Waals surface area contributed by atoms with Crippen LogP contribution in [0.3, 0.4) is 0 Å². The Morgan fingerprint density at radius 3 is 2.46 bits per heavy atom. The smallest absolute Gasteiger partial charge is 0.359 e. The lowest BCUT2D eigenvalue weighted by Gasteiger charge is -2.20. The summed E-state index contributed by atoms with van der Waals surface area (Å²) in [4.78, 5) is 9.33. The van der Waals surface area contributed by atoms with E-state index in [0.717, 1.165) is 5.41 Å². The van der Waals surface area contributed by atoms with Crippen molar-refractivity contribution in [2.24, 2.45) is 0 Å². The lowest BCUT2D eigenvalue weighted by molar-refractivity contribution is -0.115. The molecule has 0 bridgehead atoms. The van der Waals surface area contributed by atoms with Crippen LogP contribution in [0.25, 0.3) is 0 Å². The second-order valence-electron chi connectivity index (χ2n) is 2.58. The van der Waals surface area contributed by atoms with Gasteiger partial charge in [0.1, 0.15) is 5.70 Å². The number of thioether (sulfide) groups is 1. The third kappa shape index (κ3) is 2.11. The van der Waals surface area contributed by atoms with Gasteiger partial charge in [-0.05, 0) is 18.5 Å². The van der Waals surface area contributed by atoms with E-state index in [-0.39, 0.29) is 0 Å². The minimum absolute atomic E-state index is 0.713. The van der Waals surface area contributed by atoms with Gasteiger partial charge in [-0.3, -0.25) is 4.79 Å². The van der Waals surface area contributed by atoms with Gasteiger partial charge in [-0.2, -0.15) is 13.2 Å². The Bertz CT molecular complexity index is 278. The third-order valence-corrected chi connectivity index (χ3v) is 3.07. The molecule has 1 heterocycles. The third-order valence-electron chi connectivity index (χ3n) is 1.47. The second-order valence-corrected chi connectivity index (χ2v) is 4.21. The zero-order valence-corrected chi connectivity index (χ0v) is 7.98. The summed E-state index contributed by atoms with van der Waals surface area (Å²) in [7, 11) is 0. The van der Waals surface area contributed by atoms with Crippen LogP contribution in [0.4, 0.5) is 13.2 Å². The molecule has 0 spiro atoms. The van der Waals surface area contributed by atoms with Gasteiger partial charge in [0.25, 0.3) is 5.24 Å². The van der Waals surface area contributed by atoms with Crippen molar-refractivity contribution in [1.82, 2.24) is 5.32 Å². The standard InChI is InChI=1S/C6H5ClF3NOS/c1-5(4(7)12)11-3(2-13-5)6(8,9)10/h2,11H,1H3. The first-order valence-electron chi connectivity index (χ1n) is 3.19. The summed E-state index contributed by atoms with van der Waals surface area (Å²) in [5, 5.41) is 2.02. The Hall–Kier alpha value is -0.360. The number of allylic oxidation sites excluding steroid dienone is 1. The maximum atomic E-state index is 12.1. The molecule has 0 aromatic heterocycles. The molecule has 74 valence electrons. The molecule has 2 nitrogen and oxygen atoms in total. The van der Waals surface area contributed by atoms with Crippen molar-refractivity contribution in [2.75, 3.05) is 0 Å². The highest BCUT2D eigenvalue weighted by atomic mass is 35.5. The normalized spacial score (nSPS) is 28.2. The zero-order chi connectivity index (χ0) is 10.3. The minimum atomic E-state index is -4.46. The number of nitrogens with one attached hydrogen (secondary N) is 1. The SMILES string of the molecule is CC1(C(=O)Cl)NC(C(F)(F)F)=CS1. The molecule has 0 aromatic rings. The summed E-state index contributed by atoms with van der Waals surface area (Å²) < 4.78 is 36.2. The Labute approximate surface area is 81.5 Å². The van der Waals surface area contributed by atoms with Gasteiger partial charge in [0.05, 0.1) is 0 Å². The fourth-order valence-electron chi connectivity index (χ4n) is 0.726. The maximum Gasteiger partial charge on any atom is 0.431 e. The number of hydrogen-bond donors (Lipinski definition) is 1. The number of alkyl halides is 3. The molecule has 13 heavy (non-hydrogen) atoms. The first kappa shape index (κ1) is 10.7. The average Bonchev–Trinajstić information content (AvgIpc) is 2.31. The van der Waals surface area contributed by atoms with Crippen molar-refractivity contribution >= 4 is 28.6 Å². The first-order chi connectivity index (χ1) is 5.76. The van der Waals surface area contributed by atoms with Crippen LogP contribution in [0, 0.1) is 0 Å². The molecule has 0 amide bonds. The summed E-state index contributed by atoms with van der Waals surface area (Å²) in [6, 6.07) is 0. The van der Waals surface area contributed by atoms with Crippen molar-refractivity contribution in [3.05, 3.63) is 11.1 Å². The van der Waals surface area contributed by atoms with E-state index in [1.807, 2.05) is 5.32 Å². The van der Waals surface area contributed by atoms with Gasteiger partial charge in [-0.25, -0.2) is 0 Å². The number of halogens is 4. The van der Waals surface area contributed by atoms with Gasteiger partial charge >= 0.3 is 6.18 Å². The summed E-state index contributed by atoms with van der Waals surface area (Å²) >= 11 is 5.83. The van der Waals surface area contributed by atoms with Crippen LogP contribution in [-0.4, -0.2) is 16.3 Å². The number of rotatable bonds is 1. The van der Waals surface area contributed by atoms with E-state index >= 15 is 0 Å². The van der Waals surface area contributed by atoms with Crippen molar-refractivity contribution < 1.29 is 18.0 Å². The fraction of sp³-hybridized carbons (Fsp3) is 0.500. The number of carbonyl (C=O) groups is 1. The van der Waals surface area contributed by atoms with E-state index in [1.54, 1.807) is 0 Å². The van der Waals surface area contributed by atoms with Crippen LogP contribution >= 0.6 is 23.4 Å². The van der Waals surface area contributed by atoms with E-state index in [4.69, 9.17) is 11.6 Å². The summed E-state index contributed by atoms with van der Waals surface area (Å²) in [6.07, 6.45) is -4.46. The number of hydrogen-bond acceptors (Lipinski definition) is 3. The first-order valence-corrected chi connectivity index (χ1v) is 4.45. The predicted molar refractivity (Wildman–Crippen MR) is 44.1 cm³/mol. The van der Waals surface area contributed by atoms with Crippen LogP contribution in [0.2, 0.25) is 0 Å². The van der Waals surface area contributed by atoms with E-state index < -0.39 is 22.0 Å². The molecule has 7 heteroatoms. The Morgan fingerprint density at radius 1 is 1.69 bits per heavy atom. The molecule has 1 atom stereocenters. The zero-order valence-electron chi connectivity index (χ0n) is 6.41. The fourth-order valence-corrected chi connectivity index (χ4v) is 1.71. The molecular formula is C6H5ClF3NOS. The highest BCUT2D eigenvalue weighted by molar-refractivity contribution is 8.04. The molecule has 1 aliphatic rings. The molecule has 0 saturated carbocycles. The lowest BCUT2D eigenvalue weighted by Crippen LogP contribution is -2.42. The molecule has 0 saturated heterocycles. The van der Waals surface area contributed by atoms with E-state index in [1.165, 1.54) is 6.92 Å². The maximum absolute atomic E-state index is 12.1. The van der Waals surface area contributed by atoms with Crippen LogP contribution in [0.1, 0.15) is 6.92 Å². The molecular weight excluding hydrogens is 227 g/mol. The summed E-state index contributed by atoms with van der Waals surface area (Å²) in [6.45, 7) is 1.29. The van der Waals surface area contributed by atoms with Crippen LogP contribution < -0.4 is 5.32 Å². The quantitative estimate of drug-likeness (QED) is 0.702. The minimum Gasteiger partial charge on any atom is -0.359 e. The van der Waals surface area contributed by atoms with Gasteiger partial charge in [0.15, 0.2) is 4.87 Å². The molecule has 1 unspecified atom stereocenters. The molecule has 0 aromatic carbocycles. The average molecular weight is 232 g/mol. The van der Waals surface area contributed by atoms with Crippen LogP contribution in [0.15, 0.2) is 11.1 Å². The van der Waals surface area contributed by atoms with Gasteiger partial charge in [-0.15, -0.1) is 0 Å². The predicted octanol–water partition coefficient (Wildman–Crippen LogP) is 2.21. The van der Waals surface area contributed by atoms with E-state index in [9.17, 15) is 18.0 Å². The highest BCUT2D eigenvalue weighted by Crippen LogP contribution is 2.39. The Kier molecular flexibility index (Phi) is 2.55. The van der Waals surface area contributed by atoms with Crippen molar-refractivity contribution in [3.8, 4) is 0 Å². The van der Waals surface area contributed by atoms with Crippen LogP contribution in [0.5, 0.6) is 0 Å². The van der Waals surface area contributed by atoms with Gasteiger partial charge in [-0.1, -0.05) is 11.8 Å². The van der Waals surface area contributed by atoms with Gasteiger partial charge in [0.2, 0.25) is 0 Å². The van der Waals surface area contributed by atoms with Gasteiger partial charge < -0.3 is 5.32 Å². The lowest BCUT2D eigenvalue weighted by atomic mass is 10.3. The van der Waals surface area contributed by atoms with Crippen molar-refractivity contribution in [2.45, 2.75) is 18.0 Å². The Morgan fingerprint density at radius 2 is 2.23 bits per heavy atom. The summed E-state index contributed by atoms with van der Waals surface area (Å²) in [5.41, 5.74) is -0.936. The molecule has 1 N–H and O–H groups in total. The number of carbonyl (C=O) groups excluding carboxylic acids is 1. The topological polar surface area (TPSA) is 29.1 Å². The van der Waals surface area contributed by atoms with E-state index in [0.29, 0.717) is 11.8 Å². The highest BCUT2D eigenvalue weighted by Gasteiger charge is 2.45. The van der Waals surface area contributed by atoms with Gasteiger partial charge in [0, 0.05) is 5.41 Å². The second kappa shape index (κ2) is 3.09. The van der Waals surface area contributed by atoms with Crippen molar-refractivity contribution in [3.63, 3.8) is 0 Å². The Balaban J connectivity index is 2.77. The van der Waals surface area contributed by atoms with Crippen LogP contribution in [-0.2, 0) is 4.79 Å². The molecule has 1 aliphatic heterocycles. The molecule has 0 aliphatic carbocycles.